The van der Waals surface area contributed by atoms with Crippen LogP contribution >= 0.6 is 11.8 Å². The van der Waals surface area contributed by atoms with E-state index < -0.39 is 16.5 Å². The monoisotopic (exact) mass is 255 g/mol. The Bertz CT molecular complexity index is 503. The first-order valence-electron chi connectivity index (χ1n) is 4.71. The van der Waals surface area contributed by atoms with Crippen LogP contribution in [-0.2, 0) is 15.1 Å². The van der Waals surface area contributed by atoms with E-state index in [-0.39, 0.29) is 17.0 Å². The highest BCUT2D eigenvalue weighted by Gasteiger charge is 2.46. The molecule has 0 amide bonds. The lowest BCUT2D eigenvalue weighted by Gasteiger charge is -2.19. The van der Waals surface area contributed by atoms with Crippen LogP contribution in [0.1, 0.15) is 5.56 Å². The molecule has 0 fully saturated rings. The molecule has 0 aromatic heterocycles. The van der Waals surface area contributed by atoms with Gasteiger partial charge in [-0.15, -0.1) is 11.8 Å². The average molecular weight is 255 g/mol. The van der Waals surface area contributed by atoms with E-state index in [0.717, 1.165) is 0 Å². The number of aliphatic hydroxyl groups is 1. The van der Waals surface area contributed by atoms with Gasteiger partial charge in [0.2, 0.25) is 0 Å². The summed E-state index contributed by atoms with van der Waals surface area (Å²) in [5, 5.41) is 20.9. The van der Waals surface area contributed by atoms with Crippen molar-refractivity contribution in [3.8, 4) is 0 Å². The normalized spacial score (nSPS) is 22.0. The molecular weight excluding hydrogens is 246 g/mol. The zero-order valence-corrected chi connectivity index (χ0v) is 9.69. The fourth-order valence-electron chi connectivity index (χ4n) is 1.68. The number of carbonyl (C=O) groups excluding carboxylic acids is 1. The fraction of sp³-hybridized carbons (Fsp3) is 0.300. The predicted octanol–water partition coefficient (Wildman–Crippen LogP) is 1.06. The van der Waals surface area contributed by atoms with Crippen LogP contribution in [0.3, 0.4) is 0 Å². The lowest BCUT2D eigenvalue weighted by atomic mass is 9.96. The first kappa shape index (κ1) is 11.9. The van der Waals surface area contributed by atoms with Gasteiger partial charge in [-0.05, 0) is 6.07 Å². The maximum atomic E-state index is 11.5. The molecule has 1 atom stereocenters. The van der Waals surface area contributed by atoms with E-state index in [1.54, 1.807) is 0 Å². The molecule has 1 N–H and O–H groups in total. The zero-order chi connectivity index (χ0) is 12.6. The summed E-state index contributed by atoms with van der Waals surface area (Å²) in [4.78, 5) is 22.3. The fourth-order valence-corrected chi connectivity index (χ4v) is 2.86. The highest BCUT2D eigenvalue weighted by atomic mass is 32.2. The smallest absolute Gasteiger partial charge is 0.343 e. The lowest BCUT2D eigenvalue weighted by Crippen LogP contribution is -2.36. The maximum Gasteiger partial charge on any atom is 0.343 e. The molecule has 0 spiro atoms. The van der Waals surface area contributed by atoms with E-state index in [9.17, 15) is 20.0 Å². The van der Waals surface area contributed by atoms with Crippen LogP contribution in [-0.4, -0.2) is 28.9 Å². The zero-order valence-electron chi connectivity index (χ0n) is 8.87. The van der Waals surface area contributed by atoms with Crippen LogP contribution in [0, 0.1) is 10.1 Å². The van der Waals surface area contributed by atoms with Gasteiger partial charge in [-0.3, -0.25) is 10.1 Å². The van der Waals surface area contributed by atoms with E-state index in [1.165, 1.54) is 37.1 Å². The SMILES string of the molecule is COC(=O)C1(O)CSc2ccc([N+](=O)[O-])cc21. The molecule has 0 radical (unpaired) electrons. The van der Waals surface area contributed by atoms with E-state index >= 15 is 0 Å². The third kappa shape index (κ3) is 1.77. The van der Waals surface area contributed by atoms with Crippen molar-refractivity contribution < 1.29 is 19.6 Å². The van der Waals surface area contributed by atoms with Crippen LogP contribution in [0.2, 0.25) is 0 Å². The third-order valence-corrected chi connectivity index (χ3v) is 3.81. The Morgan fingerprint density at radius 2 is 2.35 bits per heavy atom. The summed E-state index contributed by atoms with van der Waals surface area (Å²) >= 11 is 1.27. The number of thioether (sulfide) groups is 1. The lowest BCUT2D eigenvalue weighted by molar-refractivity contribution is -0.385. The second-order valence-electron chi connectivity index (χ2n) is 3.58. The number of nitrogens with zero attached hydrogens (tertiary/aromatic N) is 1. The number of methoxy groups -OCH3 is 1. The second kappa shape index (κ2) is 4.01. The van der Waals surface area contributed by atoms with E-state index in [2.05, 4.69) is 4.74 Å². The van der Waals surface area contributed by atoms with Crippen molar-refractivity contribution in [3.63, 3.8) is 0 Å². The molecule has 90 valence electrons. The van der Waals surface area contributed by atoms with Gasteiger partial charge in [0.25, 0.3) is 5.69 Å². The van der Waals surface area contributed by atoms with E-state index in [1.807, 2.05) is 0 Å². The van der Waals surface area contributed by atoms with Crippen molar-refractivity contribution in [2.75, 3.05) is 12.9 Å². The molecule has 1 aliphatic heterocycles. The highest BCUT2D eigenvalue weighted by molar-refractivity contribution is 7.99. The molecular formula is C10H9NO5S. The average Bonchev–Trinajstić information content (AvgIpc) is 2.67. The first-order chi connectivity index (χ1) is 7.99. The minimum Gasteiger partial charge on any atom is -0.467 e. The van der Waals surface area contributed by atoms with Crippen molar-refractivity contribution in [3.05, 3.63) is 33.9 Å². The number of carbonyl (C=O) groups is 1. The number of rotatable bonds is 2. The van der Waals surface area contributed by atoms with Crippen molar-refractivity contribution in [1.29, 1.82) is 0 Å². The number of nitro groups is 1. The molecule has 1 aromatic rings. The molecule has 0 saturated heterocycles. The molecule has 0 bridgehead atoms. The largest absolute Gasteiger partial charge is 0.467 e. The van der Waals surface area contributed by atoms with Gasteiger partial charge in [-0.1, -0.05) is 0 Å². The van der Waals surface area contributed by atoms with Gasteiger partial charge in [0.05, 0.1) is 12.0 Å². The Morgan fingerprint density at radius 3 is 2.94 bits per heavy atom. The molecule has 6 nitrogen and oxygen atoms in total. The molecule has 0 saturated carbocycles. The van der Waals surface area contributed by atoms with E-state index in [0.29, 0.717) is 4.90 Å². The van der Waals surface area contributed by atoms with Gasteiger partial charge >= 0.3 is 5.97 Å². The van der Waals surface area contributed by atoms with Gasteiger partial charge in [0, 0.05) is 28.3 Å². The highest BCUT2D eigenvalue weighted by Crippen LogP contribution is 2.44. The van der Waals surface area contributed by atoms with Gasteiger partial charge in [-0.2, -0.15) is 0 Å². The standard InChI is InChI=1S/C10H9NO5S/c1-16-9(12)10(13)5-17-8-3-2-6(11(14)15)4-7(8)10/h2-4,13H,5H2,1H3. The van der Waals surface area contributed by atoms with Crippen LogP contribution < -0.4 is 0 Å². The molecule has 1 heterocycles. The minimum atomic E-state index is -1.79. The van der Waals surface area contributed by atoms with Crippen LogP contribution in [0.25, 0.3) is 0 Å². The van der Waals surface area contributed by atoms with Crippen LogP contribution in [0.4, 0.5) is 5.69 Å². The molecule has 2 rings (SSSR count). The summed E-state index contributed by atoms with van der Waals surface area (Å²) < 4.78 is 4.52. The minimum absolute atomic E-state index is 0.107. The summed E-state index contributed by atoms with van der Waals surface area (Å²) in [5.41, 5.74) is -1.71. The Morgan fingerprint density at radius 1 is 1.65 bits per heavy atom. The Hall–Kier alpha value is -1.60. The van der Waals surface area contributed by atoms with Crippen molar-refractivity contribution in [2.45, 2.75) is 10.5 Å². The van der Waals surface area contributed by atoms with Crippen LogP contribution in [0.5, 0.6) is 0 Å². The molecule has 1 aromatic carbocycles. The van der Waals surface area contributed by atoms with Gasteiger partial charge < -0.3 is 9.84 Å². The summed E-state index contributed by atoms with van der Waals surface area (Å²) in [6.07, 6.45) is 0. The van der Waals surface area contributed by atoms with Gasteiger partial charge in [0.1, 0.15) is 0 Å². The summed E-state index contributed by atoms with van der Waals surface area (Å²) in [6.45, 7) is 0. The van der Waals surface area contributed by atoms with E-state index in [4.69, 9.17) is 0 Å². The number of benzene rings is 1. The number of non-ortho nitro benzene ring substituents is 1. The Kier molecular flexibility index (Phi) is 2.80. The molecule has 1 aliphatic rings. The van der Waals surface area contributed by atoms with Crippen molar-refractivity contribution in [2.24, 2.45) is 0 Å². The number of ether oxygens (including phenoxy) is 1. The topological polar surface area (TPSA) is 89.7 Å². The maximum absolute atomic E-state index is 11.5. The molecule has 7 heteroatoms. The first-order valence-corrected chi connectivity index (χ1v) is 5.70. The summed E-state index contributed by atoms with van der Waals surface area (Å²) in [6, 6.07) is 4.08. The predicted molar refractivity (Wildman–Crippen MR) is 59.7 cm³/mol. The number of esters is 1. The summed E-state index contributed by atoms with van der Waals surface area (Å²) in [5.74, 6) is -0.694. The number of hydrogen-bond donors (Lipinski definition) is 1. The number of hydrogen-bond acceptors (Lipinski definition) is 6. The summed E-state index contributed by atoms with van der Waals surface area (Å²) in [7, 11) is 1.17. The second-order valence-corrected chi connectivity index (χ2v) is 4.60. The molecule has 1 unspecified atom stereocenters. The molecule has 17 heavy (non-hydrogen) atoms. The van der Waals surface area contributed by atoms with Gasteiger partial charge in [-0.25, -0.2) is 4.79 Å². The number of fused-ring (bicyclic) bond motifs is 1. The van der Waals surface area contributed by atoms with Gasteiger partial charge in [0.15, 0.2) is 5.60 Å². The van der Waals surface area contributed by atoms with Crippen molar-refractivity contribution in [1.82, 2.24) is 0 Å². The Balaban J connectivity index is 2.52. The quantitative estimate of drug-likeness (QED) is 0.483. The third-order valence-electron chi connectivity index (χ3n) is 2.58. The number of nitro benzene ring substituents is 1. The van der Waals surface area contributed by atoms with Crippen LogP contribution in [0.15, 0.2) is 23.1 Å². The Labute approximate surface area is 101 Å². The molecule has 0 aliphatic carbocycles. The van der Waals surface area contributed by atoms with Crippen molar-refractivity contribution >= 4 is 23.4 Å².